The minimum absolute atomic E-state index is 0.0418. The van der Waals surface area contributed by atoms with E-state index in [2.05, 4.69) is 94.4 Å². The molecule has 0 spiro atoms. The highest BCUT2D eigenvalue weighted by atomic mass is 16.6. The van der Waals surface area contributed by atoms with Gasteiger partial charge in [-0.05, 0) is 80.4 Å². The maximum absolute atomic E-state index is 14.2. The number of primary amides is 1. The lowest BCUT2D eigenvalue weighted by atomic mass is 10.0. The van der Waals surface area contributed by atoms with Gasteiger partial charge < -0.3 is 30.2 Å². The van der Waals surface area contributed by atoms with E-state index in [9.17, 15) is 14.4 Å². The first kappa shape index (κ1) is 38.5. The summed E-state index contributed by atoms with van der Waals surface area (Å²) in [6.07, 6.45) is 6.32. The molecule has 2 aromatic heterocycles. The first-order chi connectivity index (χ1) is 27.0. The smallest absolute Gasteiger partial charge is 0.405 e. The molecular formula is C44H52N8O4. The third-order valence-corrected chi connectivity index (χ3v) is 11.1. The summed E-state index contributed by atoms with van der Waals surface area (Å²) >= 11 is 0. The zero-order valence-electron chi connectivity index (χ0n) is 32.7. The number of nitrogens with zero attached hydrogens (tertiary/aromatic N) is 5. The molecule has 3 atom stereocenters. The number of ether oxygens (including phenoxy) is 1. The molecule has 12 nitrogen and oxygen atoms in total. The number of nitrogens with two attached hydrogens (primary N) is 1. The number of aromatic amines is 2. The summed E-state index contributed by atoms with van der Waals surface area (Å²) in [6.45, 7) is 10.5. The number of imidazole rings is 2. The van der Waals surface area contributed by atoms with Crippen LogP contribution in [0.3, 0.4) is 0 Å². The molecule has 3 aromatic carbocycles. The van der Waals surface area contributed by atoms with E-state index in [1.807, 2.05) is 40.4 Å². The normalized spacial score (nSPS) is 17.7. The average molecular weight is 757 g/mol. The number of hydrogen-bond donors (Lipinski definition) is 3. The van der Waals surface area contributed by atoms with E-state index < -0.39 is 11.7 Å². The summed E-state index contributed by atoms with van der Waals surface area (Å²) in [4.78, 5) is 61.2. The lowest BCUT2D eigenvalue weighted by Gasteiger charge is -2.34. The summed E-state index contributed by atoms with van der Waals surface area (Å²) in [5.74, 6) is 1.59. The SMILES string of the molecule is CCN(CC)C(C(=O)N1CCCC1c1ncc(-c2ccc(-c3ccc(-c4cnc([C@@H]5CCCN5C(=O)CC(C)(C)OC(N)=O)[nH]4)cc3)cc2)[nH]1)c1ccccc1. The maximum atomic E-state index is 14.2. The van der Waals surface area contributed by atoms with Crippen LogP contribution in [0.4, 0.5) is 4.79 Å². The number of carbonyl (C=O) groups is 3. The van der Waals surface area contributed by atoms with E-state index >= 15 is 0 Å². The van der Waals surface area contributed by atoms with E-state index in [1.54, 1.807) is 13.8 Å². The fourth-order valence-corrected chi connectivity index (χ4v) is 8.32. The molecule has 2 fully saturated rings. The van der Waals surface area contributed by atoms with Crippen LogP contribution in [0.1, 0.15) is 95.1 Å². The number of amides is 3. The van der Waals surface area contributed by atoms with Gasteiger partial charge in [-0.25, -0.2) is 14.8 Å². The second-order valence-electron chi connectivity index (χ2n) is 15.3. The van der Waals surface area contributed by atoms with Crippen molar-refractivity contribution < 1.29 is 19.1 Å². The van der Waals surface area contributed by atoms with Crippen molar-refractivity contribution in [3.63, 3.8) is 0 Å². The van der Waals surface area contributed by atoms with Crippen LogP contribution in [0.25, 0.3) is 33.6 Å². The van der Waals surface area contributed by atoms with Crippen LogP contribution >= 0.6 is 0 Å². The Hall–Kier alpha value is -5.75. The monoisotopic (exact) mass is 756 g/mol. The average Bonchev–Trinajstić information content (AvgIpc) is 4.03. The largest absolute Gasteiger partial charge is 0.443 e. The third kappa shape index (κ3) is 8.25. The van der Waals surface area contributed by atoms with Crippen LogP contribution in [0, 0.1) is 0 Å². The standard InChI is InChI=1S/C44H52N8O4/c1-5-50(6-2)39(33-12-8-7-9-13-33)42(54)52-25-11-15-37(52)41-47-28-35(49-41)32-22-18-30(19-23-32)29-16-20-31(21-17-29)34-27-46-40(48-34)36-14-10-24-51(36)38(53)26-44(3,4)56-43(45)55/h7-9,12-13,16-23,27-28,36-37,39H,5-6,10-11,14-15,24-26H2,1-4H3,(H2,45,55)(H,46,48)(H,47,49)/t36-,37?,39?/m0/s1. The molecule has 0 saturated carbocycles. The molecule has 0 bridgehead atoms. The zero-order chi connectivity index (χ0) is 39.4. The van der Waals surface area contributed by atoms with Crippen molar-refractivity contribution in [1.29, 1.82) is 0 Å². The number of H-pyrrole nitrogens is 2. The number of rotatable bonds is 13. The molecule has 4 N–H and O–H groups in total. The van der Waals surface area contributed by atoms with Gasteiger partial charge in [0, 0.05) is 13.1 Å². The second kappa shape index (κ2) is 16.5. The zero-order valence-corrected chi connectivity index (χ0v) is 32.7. The number of nitrogens with one attached hydrogen (secondary N) is 2. The predicted molar refractivity (Wildman–Crippen MR) is 216 cm³/mol. The first-order valence-corrected chi connectivity index (χ1v) is 19.7. The Morgan fingerprint density at radius 1 is 0.768 bits per heavy atom. The number of hydrogen-bond acceptors (Lipinski definition) is 7. The van der Waals surface area contributed by atoms with Crippen molar-refractivity contribution in [3.05, 3.63) is 108 Å². The highest BCUT2D eigenvalue weighted by Crippen LogP contribution is 2.37. The topological polar surface area (TPSA) is 154 Å². The molecule has 5 aromatic rings. The minimum atomic E-state index is -0.992. The quantitative estimate of drug-likeness (QED) is 0.111. The van der Waals surface area contributed by atoms with Crippen molar-refractivity contribution in [2.75, 3.05) is 26.2 Å². The van der Waals surface area contributed by atoms with Gasteiger partial charge in [-0.3, -0.25) is 14.5 Å². The summed E-state index contributed by atoms with van der Waals surface area (Å²) in [5.41, 5.74) is 11.2. The van der Waals surface area contributed by atoms with Crippen LogP contribution in [-0.2, 0) is 14.3 Å². The predicted octanol–water partition coefficient (Wildman–Crippen LogP) is 7.81. The molecule has 7 rings (SSSR count). The highest BCUT2D eigenvalue weighted by molar-refractivity contribution is 5.84. The Morgan fingerprint density at radius 3 is 1.75 bits per heavy atom. The van der Waals surface area contributed by atoms with Gasteiger partial charge in [0.05, 0.1) is 42.3 Å². The van der Waals surface area contributed by atoms with Crippen LogP contribution in [0.2, 0.25) is 0 Å². The van der Waals surface area contributed by atoms with Crippen molar-refractivity contribution in [2.24, 2.45) is 5.73 Å². The van der Waals surface area contributed by atoms with Crippen molar-refractivity contribution in [1.82, 2.24) is 34.6 Å². The Kier molecular flexibility index (Phi) is 11.4. The second-order valence-corrected chi connectivity index (χ2v) is 15.3. The summed E-state index contributed by atoms with van der Waals surface area (Å²) < 4.78 is 5.15. The number of carbonyl (C=O) groups excluding carboxylic acids is 3. The summed E-state index contributed by atoms with van der Waals surface area (Å²) in [6, 6.07) is 26.3. The molecule has 2 unspecified atom stereocenters. The van der Waals surface area contributed by atoms with Gasteiger partial charge >= 0.3 is 6.09 Å². The van der Waals surface area contributed by atoms with Crippen LogP contribution in [0.15, 0.2) is 91.3 Å². The fraction of sp³-hybridized carbons (Fsp3) is 0.386. The molecule has 0 aliphatic carbocycles. The molecule has 2 aliphatic heterocycles. The Labute approximate surface area is 328 Å². The fourth-order valence-electron chi connectivity index (χ4n) is 8.32. The van der Waals surface area contributed by atoms with Gasteiger partial charge in [0.15, 0.2) is 0 Å². The lowest BCUT2D eigenvalue weighted by Crippen LogP contribution is -2.43. The van der Waals surface area contributed by atoms with E-state index in [1.165, 1.54) is 0 Å². The molecule has 12 heteroatoms. The van der Waals surface area contributed by atoms with Gasteiger partial charge in [-0.15, -0.1) is 0 Å². The van der Waals surface area contributed by atoms with Crippen LogP contribution in [0.5, 0.6) is 0 Å². The molecule has 4 heterocycles. The maximum Gasteiger partial charge on any atom is 0.405 e. The van der Waals surface area contributed by atoms with E-state index in [-0.39, 0.29) is 36.4 Å². The number of likely N-dealkylation sites (tertiary alicyclic amines) is 2. The Morgan fingerprint density at radius 2 is 1.25 bits per heavy atom. The van der Waals surface area contributed by atoms with Crippen molar-refractivity contribution in [2.45, 2.75) is 83.5 Å². The Balaban J connectivity index is 1.00. The highest BCUT2D eigenvalue weighted by Gasteiger charge is 2.38. The summed E-state index contributed by atoms with van der Waals surface area (Å²) in [5, 5.41) is 0. The van der Waals surface area contributed by atoms with Gasteiger partial charge in [0.1, 0.15) is 23.3 Å². The van der Waals surface area contributed by atoms with Gasteiger partial charge in [-0.2, -0.15) is 0 Å². The van der Waals surface area contributed by atoms with E-state index in [4.69, 9.17) is 15.5 Å². The van der Waals surface area contributed by atoms with E-state index in [0.717, 1.165) is 96.2 Å². The molecule has 56 heavy (non-hydrogen) atoms. The third-order valence-electron chi connectivity index (χ3n) is 11.1. The molecule has 292 valence electrons. The van der Waals surface area contributed by atoms with Crippen LogP contribution in [-0.4, -0.2) is 84.3 Å². The molecule has 2 aliphatic rings. The first-order valence-electron chi connectivity index (χ1n) is 19.7. The molecule has 0 radical (unpaired) electrons. The Bertz CT molecular complexity index is 2120. The number of benzene rings is 3. The van der Waals surface area contributed by atoms with Crippen molar-refractivity contribution in [3.8, 4) is 33.6 Å². The van der Waals surface area contributed by atoms with Crippen molar-refractivity contribution >= 4 is 17.9 Å². The number of likely N-dealkylation sites (N-methyl/N-ethyl adjacent to an activating group) is 1. The summed E-state index contributed by atoms with van der Waals surface area (Å²) in [7, 11) is 0. The molecule has 2 saturated heterocycles. The number of aromatic nitrogens is 4. The van der Waals surface area contributed by atoms with E-state index in [0.29, 0.717) is 6.54 Å². The minimum Gasteiger partial charge on any atom is -0.443 e. The van der Waals surface area contributed by atoms with Gasteiger partial charge in [0.25, 0.3) is 0 Å². The van der Waals surface area contributed by atoms with Gasteiger partial charge in [0.2, 0.25) is 11.8 Å². The lowest BCUT2D eigenvalue weighted by molar-refractivity contribution is -0.138. The molecule has 3 amide bonds. The molecular weight excluding hydrogens is 705 g/mol. The van der Waals surface area contributed by atoms with Gasteiger partial charge in [-0.1, -0.05) is 92.7 Å². The van der Waals surface area contributed by atoms with Crippen LogP contribution < -0.4 is 5.73 Å².